The maximum atomic E-state index is 13.4. The van der Waals surface area contributed by atoms with Crippen molar-refractivity contribution in [1.29, 1.82) is 0 Å². The Bertz CT molecular complexity index is 339. The highest BCUT2D eigenvalue weighted by atomic mass is 127. The Morgan fingerprint density at radius 1 is 1.18 bits per heavy atom. The maximum Gasteiger partial charge on any atom is 0.129 e. The van der Waals surface area contributed by atoms with E-state index in [-0.39, 0.29) is 0 Å². The third-order valence-electron chi connectivity index (χ3n) is 2.86. The van der Waals surface area contributed by atoms with Crippen molar-refractivity contribution in [2.75, 3.05) is 0 Å². The van der Waals surface area contributed by atoms with Crippen molar-refractivity contribution in [2.24, 2.45) is 0 Å². The lowest BCUT2D eigenvalue weighted by Gasteiger charge is -2.09. The molecule has 3 heteroatoms. The van der Waals surface area contributed by atoms with E-state index in [9.17, 15) is 8.78 Å². The largest absolute Gasteiger partial charge is 0.207 e. The van der Waals surface area contributed by atoms with E-state index in [4.69, 9.17) is 0 Å². The molecule has 0 aliphatic carbocycles. The summed E-state index contributed by atoms with van der Waals surface area (Å²) in [4.78, 5) is 0. The fourth-order valence-electron chi connectivity index (χ4n) is 1.80. The van der Waals surface area contributed by atoms with Crippen LogP contribution in [0.1, 0.15) is 44.6 Å². The zero-order chi connectivity index (χ0) is 12.7. The van der Waals surface area contributed by atoms with E-state index in [0.29, 0.717) is 15.9 Å². The second-order valence-corrected chi connectivity index (χ2v) is 6.13. The summed E-state index contributed by atoms with van der Waals surface area (Å²) in [5.41, 5.74) is 0.628. The van der Waals surface area contributed by atoms with Crippen molar-refractivity contribution in [2.45, 2.75) is 49.4 Å². The predicted molar refractivity (Wildman–Crippen MR) is 76.6 cm³/mol. The Kier molecular flexibility index (Phi) is 7.00. The van der Waals surface area contributed by atoms with E-state index in [1.54, 1.807) is 6.07 Å². The van der Waals surface area contributed by atoms with Crippen LogP contribution < -0.4 is 0 Å². The molecule has 0 aromatic heterocycles. The summed E-state index contributed by atoms with van der Waals surface area (Å²) in [6, 6.07) is 3.85. The highest BCUT2D eigenvalue weighted by Gasteiger charge is 2.08. The maximum absolute atomic E-state index is 13.4. The Morgan fingerprint density at radius 3 is 2.59 bits per heavy atom. The topological polar surface area (TPSA) is 0 Å². The molecule has 0 radical (unpaired) electrons. The van der Waals surface area contributed by atoms with E-state index in [0.717, 1.165) is 12.5 Å². The van der Waals surface area contributed by atoms with E-state index < -0.39 is 11.6 Å². The van der Waals surface area contributed by atoms with Crippen molar-refractivity contribution >= 4 is 22.6 Å². The van der Waals surface area contributed by atoms with Crippen LogP contribution in [0.3, 0.4) is 0 Å². The molecule has 1 atom stereocenters. The predicted octanol–water partition coefficient (Wildman–Crippen LogP) is 5.28. The molecule has 0 saturated carbocycles. The second-order valence-electron chi connectivity index (χ2n) is 4.37. The van der Waals surface area contributed by atoms with Crippen LogP contribution in [0, 0.1) is 11.6 Å². The Hall–Kier alpha value is -0.190. The van der Waals surface area contributed by atoms with Gasteiger partial charge in [-0.15, -0.1) is 0 Å². The van der Waals surface area contributed by atoms with Crippen LogP contribution in [0.4, 0.5) is 8.78 Å². The van der Waals surface area contributed by atoms with Gasteiger partial charge in [-0.1, -0.05) is 54.8 Å². The standard InChI is InChI=1S/C14H19F2I/c1-2-3-4-5-13(17)9-7-11-6-8-12(15)10-14(11)16/h6,8,10,13H,2-5,7,9H2,1H3. The lowest BCUT2D eigenvalue weighted by Crippen LogP contribution is -2.01. The van der Waals surface area contributed by atoms with Gasteiger partial charge in [0.15, 0.2) is 0 Å². The molecule has 0 nitrogen and oxygen atoms in total. The zero-order valence-corrected chi connectivity index (χ0v) is 12.3. The van der Waals surface area contributed by atoms with E-state index in [1.807, 2.05) is 0 Å². The van der Waals surface area contributed by atoms with Crippen molar-refractivity contribution in [3.8, 4) is 0 Å². The number of hydrogen-bond donors (Lipinski definition) is 0. The van der Waals surface area contributed by atoms with Gasteiger partial charge in [-0.05, 0) is 30.9 Å². The molecule has 0 spiro atoms. The van der Waals surface area contributed by atoms with Gasteiger partial charge in [0.05, 0.1) is 0 Å². The SMILES string of the molecule is CCCCCC(I)CCc1ccc(F)cc1F. The first-order valence-electron chi connectivity index (χ1n) is 6.21. The number of benzene rings is 1. The average molecular weight is 352 g/mol. The second kappa shape index (κ2) is 8.01. The fraction of sp³-hybridized carbons (Fsp3) is 0.571. The van der Waals surface area contributed by atoms with Crippen LogP contribution in [0.25, 0.3) is 0 Å². The zero-order valence-electron chi connectivity index (χ0n) is 10.2. The van der Waals surface area contributed by atoms with Gasteiger partial charge in [0.1, 0.15) is 11.6 Å². The summed E-state index contributed by atoms with van der Waals surface area (Å²) < 4.78 is 26.7. The molecule has 0 aliphatic rings. The van der Waals surface area contributed by atoms with Crippen LogP contribution in [0.2, 0.25) is 0 Å². The first-order chi connectivity index (χ1) is 8.13. The highest BCUT2D eigenvalue weighted by molar-refractivity contribution is 14.1. The number of unbranched alkanes of at least 4 members (excludes halogenated alkanes) is 2. The molecule has 0 amide bonds. The Morgan fingerprint density at radius 2 is 1.94 bits per heavy atom. The van der Waals surface area contributed by atoms with Gasteiger partial charge in [-0.3, -0.25) is 0 Å². The van der Waals surface area contributed by atoms with Gasteiger partial charge in [-0.2, -0.15) is 0 Å². The summed E-state index contributed by atoms with van der Waals surface area (Å²) >= 11 is 2.43. The number of hydrogen-bond acceptors (Lipinski definition) is 0. The number of aryl methyl sites for hydroxylation is 1. The van der Waals surface area contributed by atoms with E-state index >= 15 is 0 Å². The minimum absolute atomic E-state index is 0.415. The Labute approximate surface area is 116 Å². The number of rotatable bonds is 7. The third kappa shape index (κ3) is 5.80. The van der Waals surface area contributed by atoms with Gasteiger partial charge < -0.3 is 0 Å². The average Bonchev–Trinajstić information content (AvgIpc) is 2.28. The number of alkyl halides is 1. The summed E-state index contributed by atoms with van der Waals surface area (Å²) in [5.74, 6) is -0.914. The van der Waals surface area contributed by atoms with Crippen LogP contribution in [0.15, 0.2) is 18.2 Å². The van der Waals surface area contributed by atoms with Crippen LogP contribution in [0.5, 0.6) is 0 Å². The smallest absolute Gasteiger partial charge is 0.129 e. The molecular weight excluding hydrogens is 333 g/mol. The number of halogens is 3. The fourth-order valence-corrected chi connectivity index (χ4v) is 2.55. The van der Waals surface area contributed by atoms with Crippen LogP contribution in [-0.2, 0) is 6.42 Å². The molecule has 1 unspecified atom stereocenters. The van der Waals surface area contributed by atoms with Crippen LogP contribution >= 0.6 is 22.6 Å². The van der Waals surface area contributed by atoms with Gasteiger partial charge in [0.2, 0.25) is 0 Å². The minimum atomic E-state index is -0.500. The molecule has 1 aromatic carbocycles. The van der Waals surface area contributed by atoms with Crippen molar-refractivity contribution < 1.29 is 8.78 Å². The van der Waals surface area contributed by atoms with Crippen molar-refractivity contribution in [1.82, 2.24) is 0 Å². The molecular formula is C14H19F2I. The third-order valence-corrected chi connectivity index (χ3v) is 4.11. The molecule has 0 heterocycles. The van der Waals surface area contributed by atoms with Crippen LogP contribution in [-0.4, -0.2) is 3.92 Å². The van der Waals surface area contributed by atoms with Gasteiger partial charge >= 0.3 is 0 Å². The van der Waals surface area contributed by atoms with Crippen molar-refractivity contribution in [3.05, 3.63) is 35.4 Å². The monoisotopic (exact) mass is 352 g/mol. The summed E-state index contributed by atoms with van der Waals surface area (Å²) in [7, 11) is 0. The normalized spacial score (nSPS) is 12.7. The van der Waals surface area contributed by atoms with Gasteiger partial charge in [0, 0.05) is 9.99 Å². The molecule has 0 bridgehead atoms. The first kappa shape index (κ1) is 14.9. The summed E-state index contributed by atoms with van der Waals surface area (Å²) in [6.45, 7) is 2.19. The molecule has 0 aliphatic heterocycles. The highest BCUT2D eigenvalue weighted by Crippen LogP contribution is 2.19. The molecule has 1 aromatic rings. The lowest BCUT2D eigenvalue weighted by atomic mass is 10.0. The summed E-state index contributed by atoms with van der Waals surface area (Å²) in [6.07, 6.45) is 6.60. The molecule has 0 N–H and O–H groups in total. The minimum Gasteiger partial charge on any atom is -0.207 e. The molecule has 96 valence electrons. The van der Waals surface area contributed by atoms with Gasteiger partial charge in [-0.25, -0.2) is 8.78 Å². The Balaban J connectivity index is 2.34. The molecule has 17 heavy (non-hydrogen) atoms. The molecule has 0 fully saturated rings. The summed E-state index contributed by atoms with van der Waals surface area (Å²) in [5, 5.41) is 0. The van der Waals surface area contributed by atoms with E-state index in [1.165, 1.54) is 31.7 Å². The molecule has 0 saturated heterocycles. The molecule has 1 rings (SSSR count). The lowest BCUT2D eigenvalue weighted by molar-refractivity contribution is 0.565. The van der Waals surface area contributed by atoms with Gasteiger partial charge in [0.25, 0.3) is 0 Å². The first-order valence-corrected chi connectivity index (χ1v) is 7.46. The van der Waals surface area contributed by atoms with Crippen molar-refractivity contribution in [3.63, 3.8) is 0 Å². The quantitative estimate of drug-likeness (QED) is 0.356. The van der Waals surface area contributed by atoms with E-state index in [2.05, 4.69) is 29.5 Å².